The first-order valence-electron chi connectivity index (χ1n) is 8.13. The van der Waals surface area contributed by atoms with Crippen LogP contribution in [0.5, 0.6) is 0 Å². The monoisotopic (exact) mass is 404 g/mol. The van der Waals surface area contributed by atoms with Crippen LogP contribution in [0.1, 0.15) is 20.3 Å². The highest BCUT2D eigenvalue weighted by Crippen LogP contribution is 2.38. The van der Waals surface area contributed by atoms with E-state index in [2.05, 4.69) is 6.58 Å². The first kappa shape index (κ1) is 19.6. The number of ether oxygens (including phenoxy) is 4. The van der Waals surface area contributed by atoms with Crippen molar-refractivity contribution in [3.63, 3.8) is 0 Å². The summed E-state index contributed by atoms with van der Waals surface area (Å²) < 4.78 is 52.4. The van der Waals surface area contributed by atoms with Crippen LogP contribution in [-0.4, -0.2) is 45.4 Å². The maximum Gasteiger partial charge on any atom is 0.297 e. The molecule has 0 bridgehead atoms. The Labute approximate surface area is 157 Å². The summed E-state index contributed by atoms with van der Waals surface area (Å²) in [5.74, 6) is -0.705. The lowest BCUT2D eigenvalue weighted by Gasteiger charge is -2.25. The molecule has 0 amide bonds. The molecule has 0 radical (unpaired) electrons. The Morgan fingerprint density at radius 2 is 2.04 bits per heavy atom. The van der Waals surface area contributed by atoms with E-state index in [0.717, 1.165) is 0 Å². The van der Waals surface area contributed by atoms with Crippen LogP contribution in [0.2, 0.25) is 5.02 Å². The zero-order chi connectivity index (χ0) is 18.9. The van der Waals surface area contributed by atoms with E-state index in [1.165, 1.54) is 30.5 Å². The molecule has 0 aromatic heterocycles. The smallest absolute Gasteiger partial charge is 0.297 e. The molecule has 9 heteroatoms. The number of hydrogen-bond donors (Lipinski definition) is 0. The zero-order valence-corrected chi connectivity index (χ0v) is 16.0. The normalized spacial score (nSPS) is 28.5. The molecule has 2 heterocycles. The molecule has 0 saturated carbocycles. The minimum absolute atomic E-state index is 0.0110. The topological polar surface area (TPSA) is 80.3 Å². The Hall–Kier alpha value is -1.16. The summed E-state index contributed by atoms with van der Waals surface area (Å²) in [7, 11) is -3.95. The fourth-order valence-electron chi connectivity index (χ4n) is 2.96. The molecule has 2 fully saturated rings. The van der Waals surface area contributed by atoms with Crippen LogP contribution in [0.3, 0.4) is 0 Å². The highest BCUT2D eigenvalue weighted by molar-refractivity contribution is 7.86. The summed E-state index contributed by atoms with van der Waals surface area (Å²) in [6.07, 6.45) is -0.143. The van der Waals surface area contributed by atoms with Gasteiger partial charge in [-0.2, -0.15) is 8.42 Å². The lowest BCUT2D eigenvalue weighted by molar-refractivity contribution is -0.215. The molecule has 3 rings (SSSR count). The molecule has 1 aromatic rings. The van der Waals surface area contributed by atoms with Crippen molar-refractivity contribution >= 4 is 21.7 Å². The molecule has 0 aliphatic carbocycles. The molecule has 0 unspecified atom stereocenters. The van der Waals surface area contributed by atoms with Crippen LogP contribution in [0.15, 0.2) is 42.0 Å². The van der Waals surface area contributed by atoms with Crippen molar-refractivity contribution in [3.8, 4) is 0 Å². The molecule has 0 N–H and O–H groups in total. The van der Waals surface area contributed by atoms with Gasteiger partial charge in [0.2, 0.25) is 0 Å². The van der Waals surface area contributed by atoms with Gasteiger partial charge >= 0.3 is 0 Å². The van der Waals surface area contributed by atoms with Crippen LogP contribution in [-0.2, 0) is 33.2 Å². The summed E-state index contributed by atoms with van der Waals surface area (Å²) in [4.78, 5) is 0.0110. The Balaban J connectivity index is 1.63. The third-order valence-corrected chi connectivity index (χ3v) is 5.64. The van der Waals surface area contributed by atoms with E-state index in [1.54, 1.807) is 0 Å². The van der Waals surface area contributed by atoms with Gasteiger partial charge in [0.25, 0.3) is 10.1 Å². The Morgan fingerprint density at radius 1 is 1.35 bits per heavy atom. The van der Waals surface area contributed by atoms with E-state index in [4.69, 9.17) is 34.7 Å². The van der Waals surface area contributed by atoms with Crippen LogP contribution >= 0.6 is 11.6 Å². The van der Waals surface area contributed by atoms with Crippen LogP contribution in [0.25, 0.3) is 0 Å². The largest absolute Gasteiger partial charge is 0.493 e. The Bertz CT molecular complexity index is 731. The lowest BCUT2D eigenvalue weighted by Crippen LogP contribution is -2.35. The molecule has 7 nitrogen and oxygen atoms in total. The van der Waals surface area contributed by atoms with Crippen LogP contribution in [0.4, 0.5) is 0 Å². The lowest BCUT2D eigenvalue weighted by atomic mass is 10.1. The predicted octanol–water partition coefficient (Wildman–Crippen LogP) is 2.84. The van der Waals surface area contributed by atoms with Gasteiger partial charge in [-0.15, -0.1) is 0 Å². The van der Waals surface area contributed by atoms with E-state index >= 15 is 0 Å². The second-order valence-electron chi connectivity index (χ2n) is 6.49. The standard InChI is InChI=1S/C17H21ClO7S/c1-4-21-15(13-9-14-16(23-13)25-17(2,3)24-14)10-22-26(19,20)12-7-5-11(18)6-8-12/h4-8,13-16H,1,9-10H2,2-3H3/t13-,14+,15+,16+/m0/s1. The van der Waals surface area contributed by atoms with Crippen molar-refractivity contribution < 1.29 is 31.5 Å². The molecular weight excluding hydrogens is 384 g/mol. The third-order valence-electron chi connectivity index (χ3n) is 4.09. The van der Waals surface area contributed by atoms with Gasteiger partial charge in [-0.3, -0.25) is 4.18 Å². The van der Waals surface area contributed by atoms with Gasteiger partial charge < -0.3 is 18.9 Å². The quantitative estimate of drug-likeness (QED) is 0.510. The zero-order valence-electron chi connectivity index (χ0n) is 14.5. The highest BCUT2D eigenvalue weighted by Gasteiger charge is 2.50. The van der Waals surface area contributed by atoms with E-state index < -0.39 is 34.4 Å². The minimum Gasteiger partial charge on any atom is -0.493 e. The first-order chi connectivity index (χ1) is 12.2. The average Bonchev–Trinajstić information content (AvgIpc) is 3.05. The van der Waals surface area contributed by atoms with E-state index in [9.17, 15) is 8.42 Å². The van der Waals surface area contributed by atoms with Crippen molar-refractivity contribution in [2.24, 2.45) is 0 Å². The molecule has 0 spiro atoms. The fraction of sp³-hybridized carbons (Fsp3) is 0.529. The van der Waals surface area contributed by atoms with Gasteiger partial charge in [0.1, 0.15) is 24.9 Å². The maximum absolute atomic E-state index is 12.3. The Morgan fingerprint density at radius 3 is 2.65 bits per heavy atom. The van der Waals surface area contributed by atoms with Crippen molar-refractivity contribution in [1.29, 1.82) is 0 Å². The van der Waals surface area contributed by atoms with Gasteiger partial charge in [-0.25, -0.2) is 0 Å². The summed E-state index contributed by atoms with van der Waals surface area (Å²) >= 11 is 5.78. The average molecular weight is 405 g/mol. The SMILES string of the molecule is C=CO[C@H](COS(=O)(=O)c1ccc(Cl)cc1)[C@@H]1C[C@H]2OC(C)(C)O[C@H]2O1. The van der Waals surface area contributed by atoms with Gasteiger partial charge in [0.15, 0.2) is 12.1 Å². The van der Waals surface area contributed by atoms with E-state index in [-0.39, 0.29) is 17.6 Å². The molecule has 2 saturated heterocycles. The highest BCUT2D eigenvalue weighted by atomic mass is 35.5. The van der Waals surface area contributed by atoms with E-state index in [0.29, 0.717) is 11.4 Å². The molecular formula is C17H21ClO7S. The van der Waals surface area contributed by atoms with Gasteiger partial charge in [0.05, 0.1) is 11.2 Å². The van der Waals surface area contributed by atoms with Crippen molar-refractivity contribution in [3.05, 3.63) is 42.1 Å². The summed E-state index contributed by atoms with van der Waals surface area (Å²) in [5, 5.41) is 0.436. The third kappa shape index (κ3) is 4.39. The molecule has 4 atom stereocenters. The van der Waals surface area contributed by atoms with Gasteiger partial charge in [-0.05, 0) is 38.1 Å². The first-order valence-corrected chi connectivity index (χ1v) is 9.91. The second-order valence-corrected chi connectivity index (χ2v) is 8.54. The van der Waals surface area contributed by atoms with E-state index in [1.807, 2.05) is 13.8 Å². The number of benzene rings is 1. The minimum atomic E-state index is -3.95. The number of rotatable bonds is 7. The summed E-state index contributed by atoms with van der Waals surface area (Å²) in [5.41, 5.74) is 0. The molecule has 144 valence electrons. The fourth-order valence-corrected chi connectivity index (χ4v) is 4.00. The van der Waals surface area contributed by atoms with Crippen molar-refractivity contribution in [2.75, 3.05) is 6.61 Å². The molecule has 1 aromatic carbocycles. The number of halogens is 1. The second kappa shape index (κ2) is 7.46. The Kier molecular flexibility index (Phi) is 5.62. The number of fused-ring (bicyclic) bond motifs is 1. The predicted molar refractivity (Wildman–Crippen MR) is 93.0 cm³/mol. The maximum atomic E-state index is 12.3. The van der Waals surface area contributed by atoms with Crippen molar-refractivity contribution in [1.82, 2.24) is 0 Å². The van der Waals surface area contributed by atoms with Crippen LogP contribution in [0, 0.1) is 0 Å². The summed E-state index contributed by atoms with van der Waals surface area (Å²) in [6.45, 7) is 6.91. The van der Waals surface area contributed by atoms with Crippen molar-refractivity contribution in [2.45, 2.75) is 55.6 Å². The molecule has 26 heavy (non-hydrogen) atoms. The van der Waals surface area contributed by atoms with Crippen LogP contribution < -0.4 is 0 Å². The molecule has 2 aliphatic heterocycles. The summed E-state index contributed by atoms with van der Waals surface area (Å²) in [6, 6.07) is 5.71. The van der Waals surface area contributed by atoms with Gasteiger partial charge in [0, 0.05) is 11.4 Å². The molecule has 2 aliphatic rings. The van der Waals surface area contributed by atoms with Gasteiger partial charge in [-0.1, -0.05) is 18.2 Å². The number of hydrogen-bond acceptors (Lipinski definition) is 7.